The van der Waals surface area contributed by atoms with Crippen molar-refractivity contribution in [1.82, 2.24) is 0 Å². The van der Waals surface area contributed by atoms with Gasteiger partial charge in [0, 0.05) is 15.7 Å². The van der Waals surface area contributed by atoms with Gasteiger partial charge in [-0.3, -0.25) is 8.42 Å². The van der Waals surface area contributed by atoms with Crippen molar-refractivity contribution < 1.29 is 8.42 Å². The third-order valence-electron chi connectivity index (χ3n) is 5.08. The van der Waals surface area contributed by atoms with Gasteiger partial charge in [-0.05, 0) is 40.5 Å². The number of hydrogen-bond donors (Lipinski definition) is 0. The second kappa shape index (κ2) is 5.91. The lowest BCUT2D eigenvalue weighted by molar-refractivity contribution is 0.411. The van der Waals surface area contributed by atoms with E-state index in [1.165, 1.54) is 11.1 Å². The van der Waals surface area contributed by atoms with Crippen molar-refractivity contribution in [2.45, 2.75) is 68.6 Å². The van der Waals surface area contributed by atoms with Gasteiger partial charge in [-0.15, -0.1) is 0 Å². The summed E-state index contributed by atoms with van der Waals surface area (Å²) in [6.07, 6.45) is 0.783. The second-order valence-corrected chi connectivity index (χ2v) is 12.4. The maximum atomic E-state index is 13.2. The summed E-state index contributed by atoms with van der Waals surface area (Å²) in [4.78, 5) is 0.859. The Morgan fingerprint density at radius 2 is 1.50 bits per heavy atom. The Hall–Kier alpha value is -0.740. The van der Waals surface area contributed by atoms with Gasteiger partial charge in [-0.2, -0.15) is 0 Å². The molecular weight excluding hydrogens is 336 g/mol. The molecule has 132 valence electrons. The van der Waals surface area contributed by atoms with Crippen molar-refractivity contribution in [2.75, 3.05) is 0 Å². The van der Waals surface area contributed by atoms with Gasteiger partial charge >= 0.3 is 0 Å². The molecule has 2 unspecified atom stereocenters. The molecule has 0 saturated carbocycles. The largest absolute Gasteiger partial charge is 0.258 e. The molecular formula is C20H28O2S2. The third-order valence-corrected chi connectivity index (χ3v) is 9.06. The highest BCUT2D eigenvalue weighted by Crippen LogP contribution is 2.55. The van der Waals surface area contributed by atoms with Crippen LogP contribution in [-0.2, 0) is 21.6 Å². The Morgan fingerprint density at radius 3 is 2.00 bits per heavy atom. The van der Waals surface area contributed by atoms with E-state index < -0.39 is 21.6 Å². The lowest BCUT2D eigenvalue weighted by Crippen LogP contribution is -2.37. The van der Waals surface area contributed by atoms with E-state index in [0.29, 0.717) is 0 Å². The quantitative estimate of drug-likeness (QED) is 0.726. The van der Waals surface area contributed by atoms with Gasteiger partial charge in [0.25, 0.3) is 0 Å². The van der Waals surface area contributed by atoms with Crippen LogP contribution in [0.3, 0.4) is 0 Å². The molecule has 2 nitrogen and oxygen atoms in total. The van der Waals surface area contributed by atoms with E-state index >= 15 is 0 Å². The van der Waals surface area contributed by atoms with Crippen molar-refractivity contribution in [2.24, 2.45) is 10.8 Å². The van der Waals surface area contributed by atoms with Crippen molar-refractivity contribution in [1.29, 1.82) is 0 Å². The van der Waals surface area contributed by atoms with Crippen LogP contribution in [0.2, 0.25) is 0 Å². The first-order valence-electron chi connectivity index (χ1n) is 8.63. The molecule has 1 saturated heterocycles. The zero-order valence-corrected chi connectivity index (χ0v) is 17.1. The van der Waals surface area contributed by atoms with Crippen LogP contribution in [0, 0.1) is 10.8 Å². The highest BCUT2D eigenvalue weighted by Gasteiger charge is 2.57. The van der Waals surface area contributed by atoms with Gasteiger partial charge in [0.15, 0.2) is 0 Å². The molecule has 4 heteroatoms. The predicted molar refractivity (Wildman–Crippen MR) is 103 cm³/mol. The minimum Gasteiger partial charge on any atom is -0.258 e. The molecule has 3 rings (SSSR count). The first-order chi connectivity index (χ1) is 11.0. The Balaban J connectivity index is 2.08. The third kappa shape index (κ3) is 2.86. The topological polar surface area (TPSA) is 34.1 Å². The maximum Gasteiger partial charge on any atom is 0.0719 e. The molecule has 24 heavy (non-hydrogen) atoms. The van der Waals surface area contributed by atoms with E-state index in [2.05, 4.69) is 41.5 Å². The Labute approximate surface area is 151 Å². The van der Waals surface area contributed by atoms with Gasteiger partial charge in [0.1, 0.15) is 0 Å². The van der Waals surface area contributed by atoms with Crippen molar-refractivity contribution in [3.8, 4) is 0 Å². The fourth-order valence-corrected chi connectivity index (χ4v) is 9.11. The van der Waals surface area contributed by atoms with Crippen LogP contribution in [-0.4, -0.2) is 24.2 Å². The maximum absolute atomic E-state index is 13.2. The van der Waals surface area contributed by atoms with Crippen LogP contribution < -0.4 is 0 Å². The minimum atomic E-state index is -1.10. The van der Waals surface area contributed by atoms with Crippen LogP contribution in [0.25, 0.3) is 0 Å². The van der Waals surface area contributed by atoms with Gasteiger partial charge < -0.3 is 0 Å². The molecule has 2 bridgehead atoms. The summed E-state index contributed by atoms with van der Waals surface area (Å²) < 4.78 is 26.3. The molecule has 1 aromatic carbocycles. The van der Waals surface area contributed by atoms with Gasteiger partial charge in [-0.1, -0.05) is 59.7 Å². The monoisotopic (exact) mass is 364 g/mol. The Bertz CT molecular complexity index is 720. The molecule has 5 atom stereocenters. The zero-order chi connectivity index (χ0) is 17.9. The van der Waals surface area contributed by atoms with Gasteiger partial charge in [0.2, 0.25) is 0 Å². The molecule has 0 aliphatic carbocycles. The van der Waals surface area contributed by atoms with Crippen molar-refractivity contribution in [3.05, 3.63) is 41.5 Å². The SMILES string of the molecule is CC(C)(C)C1=C(C(C)(C)C)[C@H]2[C@H](S(=O)c3ccccc3)C[C@@H]1S2=O. The first-order valence-corrected chi connectivity index (χ1v) is 11.1. The lowest BCUT2D eigenvalue weighted by atomic mass is 9.69. The minimum absolute atomic E-state index is 0.0108. The van der Waals surface area contributed by atoms with Gasteiger partial charge in [-0.25, -0.2) is 0 Å². The molecule has 2 aliphatic heterocycles. The first kappa shape index (κ1) is 18.1. The molecule has 0 N–H and O–H groups in total. The van der Waals surface area contributed by atoms with E-state index in [-0.39, 0.29) is 26.6 Å². The molecule has 2 heterocycles. The summed E-state index contributed by atoms with van der Waals surface area (Å²) in [5.74, 6) is 0. The average molecular weight is 365 g/mol. The summed E-state index contributed by atoms with van der Waals surface area (Å²) >= 11 is 0. The number of fused-ring (bicyclic) bond motifs is 2. The smallest absolute Gasteiger partial charge is 0.0719 e. The number of benzene rings is 1. The normalized spacial score (nSPS) is 31.6. The van der Waals surface area contributed by atoms with Crippen LogP contribution in [0.1, 0.15) is 48.0 Å². The van der Waals surface area contributed by atoms with Crippen LogP contribution in [0.15, 0.2) is 46.4 Å². The van der Waals surface area contributed by atoms with Crippen molar-refractivity contribution in [3.63, 3.8) is 0 Å². The fraction of sp³-hybridized carbons (Fsp3) is 0.600. The van der Waals surface area contributed by atoms with Gasteiger partial charge in [0.05, 0.1) is 26.5 Å². The molecule has 1 aromatic rings. The predicted octanol–water partition coefficient (Wildman–Crippen LogP) is 4.45. The summed E-state index contributed by atoms with van der Waals surface area (Å²) in [5.41, 5.74) is 2.63. The van der Waals surface area contributed by atoms with Crippen LogP contribution in [0.4, 0.5) is 0 Å². The average Bonchev–Trinajstić information content (AvgIpc) is 2.97. The summed E-state index contributed by atoms with van der Waals surface area (Å²) in [5, 5.41) is -0.0225. The highest BCUT2D eigenvalue weighted by molar-refractivity contribution is 7.91. The second-order valence-electron chi connectivity index (χ2n) is 8.95. The number of hydrogen-bond acceptors (Lipinski definition) is 2. The highest BCUT2D eigenvalue weighted by atomic mass is 32.2. The van der Waals surface area contributed by atoms with Crippen molar-refractivity contribution >= 4 is 21.6 Å². The molecule has 0 amide bonds. The van der Waals surface area contributed by atoms with Crippen LogP contribution >= 0.6 is 0 Å². The standard InChI is InChI=1S/C20H28O2S2/c1-19(2,3)16-14-12-15(23(21)13-10-8-7-9-11-13)18(24(14)22)17(16)20(4,5)6/h7-11,14-15,18H,12H2,1-6H3/t14-,15+,18+,23?,24?/m0/s1. The lowest BCUT2D eigenvalue weighted by Gasteiger charge is -2.37. The van der Waals surface area contributed by atoms with E-state index in [0.717, 1.165) is 11.3 Å². The number of rotatable bonds is 2. The summed E-state index contributed by atoms with van der Waals surface area (Å²) in [7, 11) is -2.05. The molecule has 0 spiro atoms. The van der Waals surface area contributed by atoms with E-state index in [4.69, 9.17) is 0 Å². The molecule has 1 fully saturated rings. The molecule has 0 aromatic heterocycles. The molecule has 0 radical (unpaired) electrons. The molecule has 2 aliphatic rings. The van der Waals surface area contributed by atoms with E-state index in [1.54, 1.807) is 0 Å². The Morgan fingerprint density at radius 1 is 0.958 bits per heavy atom. The fourth-order valence-electron chi connectivity index (χ4n) is 4.27. The van der Waals surface area contributed by atoms with Crippen LogP contribution in [0.5, 0.6) is 0 Å². The summed E-state index contributed by atoms with van der Waals surface area (Å²) in [6.45, 7) is 13.3. The Kier molecular flexibility index (Phi) is 4.45. The zero-order valence-electron chi connectivity index (χ0n) is 15.5. The van der Waals surface area contributed by atoms with E-state index in [9.17, 15) is 8.42 Å². The van der Waals surface area contributed by atoms with E-state index in [1.807, 2.05) is 30.3 Å². The summed E-state index contributed by atoms with van der Waals surface area (Å²) in [6, 6.07) is 9.65.